The molecule has 7 atom stereocenters. The van der Waals surface area contributed by atoms with Gasteiger partial charge < -0.3 is 40.3 Å². The van der Waals surface area contributed by atoms with Crippen molar-refractivity contribution < 1.29 is 39.8 Å². The topological polar surface area (TPSA) is 149 Å². The van der Waals surface area contributed by atoms with Gasteiger partial charge in [-0.3, -0.25) is 0 Å². The molecule has 0 aromatic rings. The molecule has 0 spiro atoms. The predicted octanol–water partition coefficient (Wildman–Crippen LogP) is -0.725. The second kappa shape index (κ2) is 11.7. The molecule has 0 aromatic carbocycles. The Hall–Kier alpha value is -0.970. The highest BCUT2D eigenvalue weighted by Gasteiger charge is 2.36. The van der Waals surface area contributed by atoms with Crippen LogP contribution >= 0.6 is 0 Å². The molecule has 0 saturated heterocycles. The molecule has 0 aliphatic heterocycles. The first-order chi connectivity index (χ1) is 12.3. The molecule has 1 fully saturated rings. The number of carbonyl (C=O) groups excluding carboxylic acids is 1. The summed E-state index contributed by atoms with van der Waals surface area (Å²) in [6.45, 7) is 3.45. The highest BCUT2D eigenvalue weighted by molar-refractivity contribution is 5.67. The maximum atomic E-state index is 11.7. The summed E-state index contributed by atoms with van der Waals surface area (Å²) < 4.78 is 10.5. The minimum atomic E-state index is -1.31. The van der Waals surface area contributed by atoms with E-state index in [2.05, 4.69) is 5.32 Å². The van der Waals surface area contributed by atoms with Crippen molar-refractivity contribution in [3.05, 3.63) is 0 Å². The van der Waals surface area contributed by atoms with Gasteiger partial charge in [-0.05, 0) is 32.6 Å². The molecule has 1 saturated carbocycles. The monoisotopic (exact) mass is 379 g/mol. The molecule has 1 aliphatic rings. The average molecular weight is 379 g/mol. The zero-order valence-electron chi connectivity index (χ0n) is 15.5. The van der Waals surface area contributed by atoms with Gasteiger partial charge in [-0.2, -0.15) is 0 Å². The number of aliphatic hydroxyl groups excluding tert-OH is 5. The second-order valence-corrected chi connectivity index (χ2v) is 6.69. The maximum Gasteiger partial charge on any atom is 0.407 e. The van der Waals surface area contributed by atoms with Gasteiger partial charge in [0.25, 0.3) is 0 Å². The standard InChI is InChI=1S/C17H33NO8/c1-3-10(19)8-13(21)11(18-17(24)25-4-2)9-26-14-7-5-6-12(20)15(22)16(14)23/h10-16,19-23H,3-9H2,1-2H3,(H,18,24). The van der Waals surface area contributed by atoms with E-state index in [1.54, 1.807) is 13.8 Å². The molecule has 9 nitrogen and oxygen atoms in total. The van der Waals surface area contributed by atoms with Crippen molar-refractivity contribution in [2.24, 2.45) is 0 Å². The van der Waals surface area contributed by atoms with Gasteiger partial charge in [0.15, 0.2) is 0 Å². The number of amides is 1. The molecule has 1 rings (SSSR count). The number of nitrogens with one attached hydrogen (secondary N) is 1. The third kappa shape index (κ3) is 7.34. The Kier molecular flexibility index (Phi) is 10.4. The summed E-state index contributed by atoms with van der Waals surface area (Å²) in [5.41, 5.74) is 0. The lowest BCUT2D eigenvalue weighted by atomic mass is 10.0. The Labute approximate surface area is 153 Å². The number of hydrogen-bond donors (Lipinski definition) is 6. The zero-order chi connectivity index (χ0) is 19.7. The Morgan fingerprint density at radius 1 is 1.15 bits per heavy atom. The Morgan fingerprint density at radius 2 is 1.85 bits per heavy atom. The average Bonchev–Trinajstić information content (AvgIpc) is 2.72. The SMILES string of the molecule is CCOC(=O)NC(COC1CCCC(O)C(O)C1O)C(O)CC(O)CC. The minimum absolute atomic E-state index is 0.0471. The molecule has 26 heavy (non-hydrogen) atoms. The molecular weight excluding hydrogens is 346 g/mol. The number of rotatable bonds is 9. The Bertz CT molecular complexity index is 410. The first kappa shape index (κ1) is 23.1. The largest absolute Gasteiger partial charge is 0.450 e. The lowest BCUT2D eigenvalue weighted by Gasteiger charge is -2.30. The first-order valence-corrected chi connectivity index (χ1v) is 9.25. The highest BCUT2D eigenvalue weighted by atomic mass is 16.5. The van der Waals surface area contributed by atoms with Crippen LogP contribution < -0.4 is 5.32 Å². The van der Waals surface area contributed by atoms with Crippen LogP contribution in [0.3, 0.4) is 0 Å². The van der Waals surface area contributed by atoms with Crippen molar-refractivity contribution in [3.8, 4) is 0 Å². The molecule has 9 heteroatoms. The molecule has 6 N–H and O–H groups in total. The van der Waals surface area contributed by atoms with E-state index in [0.29, 0.717) is 25.7 Å². The van der Waals surface area contributed by atoms with Crippen molar-refractivity contribution in [1.82, 2.24) is 5.32 Å². The summed E-state index contributed by atoms with van der Waals surface area (Å²) >= 11 is 0. The summed E-state index contributed by atoms with van der Waals surface area (Å²) in [6, 6.07) is -0.854. The van der Waals surface area contributed by atoms with Crippen molar-refractivity contribution in [2.75, 3.05) is 13.2 Å². The molecule has 154 valence electrons. The third-order valence-electron chi connectivity index (χ3n) is 4.63. The molecular formula is C17H33NO8. The molecule has 0 radical (unpaired) electrons. The second-order valence-electron chi connectivity index (χ2n) is 6.69. The predicted molar refractivity (Wildman–Crippen MR) is 92.5 cm³/mol. The van der Waals surface area contributed by atoms with E-state index in [-0.39, 0.29) is 19.6 Å². The summed E-state index contributed by atoms with van der Waals surface area (Å²) in [7, 11) is 0. The fourth-order valence-electron chi connectivity index (χ4n) is 2.91. The van der Waals surface area contributed by atoms with E-state index in [4.69, 9.17) is 9.47 Å². The van der Waals surface area contributed by atoms with Gasteiger partial charge in [0.05, 0.1) is 43.7 Å². The summed E-state index contributed by atoms with van der Waals surface area (Å²) in [5, 5.41) is 52.3. The lowest BCUT2D eigenvalue weighted by Crippen LogP contribution is -2.50. The fraction of sp³-hybridized carbons (Fsp3) is 0.941. The number of alkyl carbamates (subject to hydrolysis) is 1. The third-order valence-corrected chi connectivity index (χ3v) is 4.63. The molecule has 7 unspecified atom stereocenters. The number of hydrogen-bond acceptors (Lipinski definition) is 8. The normalized spacial score (nSPS) is 30.1. The highest BCUT2D eigenvalue weighted by Crippen LogP contribution is 2.22. The van der Waals surface area contributed by atoms with Gasteiger partial charge in [-0.25, -0.2) is 4.79 Å². The first-order valence-electron chi connectivity index (χ1n) is 9.25. The van der Waals surface area contributed by atoms with Crippen LogP contribution in [0.1, 0.15) is 46.0 Å². The van der Waals surface area contributed by atoms with Gasteiger partial charge in [0.2, 0.25) is 0 Å². The van der Waals surface area contributed by atoms with Crippen molar-refractivity contribution in [3.63, 3.8) is 0 Å². The van der Waals surface area contributed by atoms with Crippen LogP contribution in [0.25, 0.3) is 0 Å². The summed E-state index contributed by atoms with van der Waals surface area (Å²) in [6.07, 6.45) is -5.02. The minimum Gasteiger partial charge on any atom is -0.450 e. The Balaban J connectivity index is 2.69. The van der Waals surface area contributed by atoms with Crippen LogP contribution in [0.4, 0.5) is 4.79 Å². The number of ether oxygens (including phenoxy) is 2. The van der Waals surface area contributed by atoms with Crippen LogP contribution in [0.15, 0.2) is 0 Å². The van der Waals surface area contributed by atoms with E-state index in [1.807, 2.05) is 0 Å². The molecule has 0 heterocycles. The molecule has 1 aliphatic carbocycles. The quantitative estimate of drug-likeness (QED) is 0.287. The van der Waals surface area contributed by atoms with Crippen LogP contribution in [0.2, 0.25) is 0 Å². The van der Waals surface area contributed by atoms with Gasteiger partial charge >= 0.3 is 6.09 Å². The van der Waals surface area contributed by atoms with Crippen molar-refractivity contribution in [1.29, 1.82) is 0 Å². The van der Waals surface area contributed by atoms with E-state index < -0.39 is 48.8 Å². The van der Waals surface area contributed by atoms with E-state index in [9.17, 15) is 30.3 Å². The fourth-order valence-corrected chi connectivity index (χ4v) is 2.91. The van der Waals surface area contributed by atoms with Crippen LogP contribution in [0, 0.1) is 0 Å². The van der Waals surface area contributed by atoms with E-state index in [0.717, 1.165) is 0 Å². The number of aliphatic hydroxyl groups is 5. The van der Waals surface area contributed by atoms with Crippen LogP contribution in [0.5, 0.6) is 0 Å². The smallest absolute Gasteiger partial charge is 0.407 e. The summed E-state index contributed by atoms with van der Waals surface area (Å²) in [5.74, 6) is 0. The zero-order valence-corrected chi connectivity index (χ0v) is 15.5. The molecule has 0 aromatic heterocycles. The van der Waals surface area contributed by atoms with Crippen molar-refractivity contribution in [2.45, 2.75) is 88.6 Å². The van der Waals surface area contributed by atoms with Gasteiger partial charge in [-0.1, -0.05) is 6.92 Å². The maximum absolute atomic E-state index is 11.7. The van der Waals surface area contributed by atoms with Gasteiger partial charge in [0, 0.05) is 6.42 Å². The van der Waals surface area contributed by atoms with Crippen molar-refractivity contribution >= 4 is 6.09 Å². The Morgan fingerprint density at radius 3 is 2.46 bits per heavy atom. The van der Waals surface area contributed by atoms with Crippen LogP contribution in [-0.2, 0) is 9.47 Å². The molecule has 1 amide bonds. The van der Waals surface area contributed by atoms with Gasteiger partial charge in [-0.15, -0.1) is 0 Å². The van der Waals surface area contributed by atoms with E-state index >= 15 is 0 Å². The lowest BCUT2D eigenvalue weighted by molar-refractivity contribution is -0.120. The van der Waals surface area contributed by atoms with Crippen LogP contribution in [-0.4, -0.2) is 87.5 Å². The number of carbonyl (C=O) groups is 1. The van der Waals surface area contributed by atoms with Gasteiger partial charge in [0.1, 0.15) is 12.2 Å². The van der Waals surface area contributed by atoms with E-state index in [1.165, 1.54) is 0 Å². The molecule has 0 bridgehead atoms. The summed E-state index contributed by atoms with van der Waals surface area (Å²) in [4.78, 5) is 11.7.